The number of hydrogen-bond donors (Lipinski definition) is 0. The number of benzene rings is 5. The number of rotatable bonds is 7. The Morgan fingerprint density at radius 2 is 1.46 bits per heavy atom. The molecule has 5 aromatic carbocycles. The van der Waals surface area contributed by atoms with E-state index in [0.717, 1.165) is 55.5 Å². The van der Waals surface area contributed by atoms with Gasteiger partial charge in [0.2, 0.25) is 0 Å². The van der Waals surface area contributed by atoms with E-state index in [4.69, 9.17) is 17.4 Å². The summed E-state index contributed by atoms with van der Waals surface area (Å²) < 4.78 is 30.3. The van der Waals surface area contributed by atoms with Crippen LogP contribution in [0.25, 0.3) is 61.3 Å². The number of ether oxygens (including phenoxy) is 1. The first kappa shape index (κ1) is 35.6. The maximum atomic E-state index is 8.90. The molecule has 7 heteroatoms. The predicted octanol–water partition coefficient (Wildman–Crippen LogP) is 11.5. The zero-order chi connectivity index (χ0) is 40.4. The molecule has 0 saturated heterocycles. The molecule has 0 radical (unpaired) electrons. The summed E-state index contributed by atoms with van der Waals surface area (Å²) in [5, 5.41) is 2.14. The molecule has 57 heavy (non-hydrogen) atoms. The van der Waals surface area contributed by atoms with Crippen LogP contribution in [0.1, 0.15) is 55.4 Å². The maximum Gasteiger partial charge on any atom is 0.269 e. The fourth-order valence-corrected chi connectivity index (χ4v) is 7.25. The third-order valence-corrected chi connectivity index (χ3v) is 9.87. The van der Waals surface area contributed by atoms with E-state index in [2.05, 4.69) is 104 Å². The second-order valence-electron chi connectivity index (χ2n) is 16.2. The van der Waals surface area contributed by atoms with Crippen molar-refractivity contribution < 1.29 is 33.1 Å². The third-order valence-electron chi connectivity index (χ3n) is 9.87. The Bertz CT molecular complexity index is 2990. The van der Waals surface area contributed by atoms with E-state index in [1.54, 1.807) is 12.3 Å². The van der Waals surface area contributed by atoms with Gasteiger partial charge in [0.1, 0.15) is 5.82 Å². The topological polar surface area (TPSA) is 48.8 Å². The summed E-state index contributed by atoms with van der Waals surface area (Å²) in [6.45, 7) is 12.4. The largest absolute Gasteiger partial charge is 0.522 e. The number of aromatic nitrogens is 5. The van der Waals surface area contributed by atoms with Gasteiger partial charge < -0.3 is 9.30 Å². The number of nitrogens with zero attached hydrogens (tertiary/aromatic N) is 5. The molecule has 0 aliphatic rings. The first-order chi connectivity index (χ1) is 27.8. The molecule has 0 bridgehead atoms. The van der Waals surface area contributed by atoms with Gasteiger partial charge >= 0.3 is 0 Å². The molecule has 0 unspecified atom stereocenters. The molecule has 0 spiro atoms. The molecular weight excluding hydrogens is 882 g/mol. The van der Waals surface area contributed by atoms with Crippen molar-refractivity contribution in [1.82, 2.24) is 19.1 Å². The minimum Gasteiger partial charge on any atom is -0.522 e. The Balaban J connectivity index is 0.00000484. The Hall–Kier alpha value is -5.84. The van der Waals surface area contributed by atoms with Gasteiger partial charge in [-0.15, -0.1) is 17.5 Å². The van der Waals surface area contributed by atoms with Crippen LogP contribution in [0.15, 0.2) is 140 Å². The smallest absolute Gasteiger partial charge is 0.269 e. The number of para-hydroxylation sites is 2. The van der Waals surface area contributed by atoms with E-state index in [9.17, 15) is 0 Å². The molecule has 0 aliphatic carbocycles. The van der Waals surface area contributed by atoms with Crippen molar-refractivity contribution in [3.8, 4) is 39.9 Å². The zero-order valence-electron chi connectivity index (χ0n) is 34.7. The molecule has 0 saturated carbocycles. The minimum absolute atomic E-state index is 0. The summed E-state index contributed by atoms with van der Waals surface area (Å²) in [6.07, 6.45) is 5.51. The molecule has 4 aromatic heterocycles. The Morgan fingerprint density at radius 1 is 0.684 bits per heavy atom. The van der Waals surface area contributed by atoms with Gasteiger partial charge in [0, 0.05) is 41.3 Å². The van der Waals surface area contributed by atoms with Gasteiger partial charge in [0.15, 0.2) is 0 Å². The third kappa shape index (κ3) is 7.55. The van der Waals surface area contributed by atoms with Crippen LogP contribution in [-0.2, 0) is 32.9 Å². The quantitative estimate of drug-likeness (QED) is 0.118. The van der Waals surface area contributed by atoms with Crippen molar-refractivity contribution in [3.63, 3.8) is 0 Å². The standard InChI is InChI=1S/C50H43N5O.Pt/c1-49(2,3)32-34-13-12-16-38(27-34)53-33-54(45-18-11-10-17-44(45)53)47-31-40(24-26-51-47)56-39-20-21-41-42-28-36(35-14-8-7-9-15-35)19-22-43(42)55(46(41)30-39)48-29-37(23-25-52-48)50(4,5)6;/h7-29H,32H2,1-6H3;/q-2;/i32D2;. The van der Waals surface area contributed by atoms with E-state index < -0.39 is 11.8 Å². The molecular formula is C50H43N5OPt-2. The average molecular weight is 927 g/mol. The second-order valence-corrected chi connectivity index (χ2v) is 16.2. The van der Waals surface area contributed by atoms with Crippen molar-refractivity contribution in [1.29, 1.82) is 0 Å². The molecule has 9 aromatic rings. The summed E-state index contributed by atoms with van der Waals surface area (Å²) in [4.78, 5) is 9.56. The van der Waals surface area contributed by atoms with Crippen molar-refractivity contribution >= 4 is 32.8 Å². The van der Waals surface area contributed by atoms with Crippen LogP contribution in [0, 0.1) is 23.9 Å². The normalized spacial score (nSPS) is 12.7. The van der Waals surface area contributed by atoms with E-state index >= 15 is 0 Å². The first-order valence-electron chi connectivity index (χ1n) is 19.9. The van der Waals surface area contributed by atoms with Crippen LogP contribution in [0.4, 0.5) is 0 Å². The molecule has 0 amide bonds. The number of fused-ring (bicyclic) bond motifs is 4. The van der Waals surface area contributed by atoms with Crippen molar-refractivity contribution in [3.05, 3.63) is 169 Å². The van der Waals surface area contributed by atoms with E-state index in [-0.39, 0.29) is 26.5 Å². The molecule has 6 nitrogen and oxygen atoms in total. The van der Waals surface area contributed by atoms with Crippen LogP contribution in [0.3, 0.4) is 0 Å². The van der Waals surface area contributed by atoms with Gasteiger partial charge in [-0.25, -0.2) is 4.98 Å². The Kier molecular flexibility index (Phi) is 9.30. The summed E-state index contributed by atoms with van der Waals surface area (Å²) >= 11 is 0. The zero-order valence-corrected chi connectivity index (χ0v) is 35.0. The predicted molar refractivity (Wildman–Crippen MR) is 225 cm³/mol. The van der Waals surface area contributed by atoms with Gasteiger partial charge in [0.05, 0.1) is 22.5 Å². The van der Waals surface area contributed by atoms with Crippen LogP contribution >= 0.6 is 0 Å². The Labute approximate surface area is 351 Å². The molecule has 286 valence electrons. The summed E-state index contributed by atoms with van der Waals surface area (Å²) in [7, 11) is 0. The molecule has 0 atom stereocenters. The maximum absolute atomic E-state index is 8.90. The SMILES string of the molecule is [2H]C([2H])(c1cccc(-[n+]2[c-]n(-c3[c-]c(Oc4[c-]c5c(cc4)c4cc(-c6ccccc6)ccc4n5-c4cc(C(C)(C)C)ccn4)ccn3)c3ccccc32)c1)C(C)(C)C.[Pt]. The van der Waals surface area contributed by atoms with Gasteiger partial charge in [-0.2, -0.15) is 18.2 Å². The number of pyridine rings is 2. The van der Waals surface area contributed by atoms with Gasteiger partial charge in [0.25, 0.3) is 6.33 Å². The van der Waals surface area contributed by atoms with Crippen LogP contribution < -0.4 is 9.30 Å². The fourth-order valence-electron chi connectivity index (χ4n) is 7.25. The molecule has 0 N–H and O–H groups in total. The minimum atomic E-state index is -1.55. The number of hydrogen-bond acceptors (Lipinski definition) is 3. The second kappa shape index (κ2) is 14.9. The fraction of sp³-hybridized carbons (Fsp3) is 0.180. The van der Waals surface area contributed by atoms with E-state index in [1.807, 2.05) is 96.8 Å². The molecule has 9 rings (SSSR count). The monoisotopic (exact) mass is 926 g/mol. The van der Waals surface area contributed by atoms with Gasteiger partial charge in [-0.05, 0) is 75.4 Å². The van der Waals surface area contributed by atoms with Crippen LogP contribution in [0.2, 0.25) is 0 Å². The number of imidazole rings is 1. The molecule has 4 heterocycles. The molecule has 0 aliphatic heterocycles. The van der Waals surface area contributed by atoms with Gasteiger partial charge in [-0.1, -0.05) is 138 Å². The first-order valence-corrected chi connectivity index (χ1v) is 18.9. The summed E-state index contributed by atoms with van der Waals surface area (Å²) in [5.41, 5.74) is 7.88. The van der Waals surface area contributed by atoms with Crippen LogP contribution in [-0.4, -0.2) is 19.1 Å². The van der Waals surface area contributed by atoms with Gasteiger partial charge in [-0.3, -0.25) is 14.1 Å². The van der Waals surface area contributed by atoms with Crippen molar-refractivity contribution in [2.45, 2.75) is 53.3 Å². The van der Waals surface area contributed by atoms with E-state index in [1.165, 1.54) is 5.56 Å². The van der Waals surface area contributed by atoms with Crippen LogP contribution in [0.5, 0.6) is 11.5 Å². The van der Waals surface area contributed by atoms with Crippen molar-refractivity contribution in [2.24, 2.45) is 5.41 Å². The Morgan fingerprint density at radius 3 is 2.26 bits per heavy atom. The summed E-state index contributed by atoms with van der Waals surface area (Å²) in [6, 6.07) is 49.7. The average Bonchev–Trinajstić information content (AvgIpc) is 3.76. The van der Waals surface area contributed by atoms with Crippen molar-refractivity contribution in [2.75, 3.05) is 0 Å². The molecule has 0 fully saturated rings. The summed E-state index contributed by atoms with van der Waals surface area (Å²) in [5.74, 6) is 2.32. The van der Waals surface area contributed by atoms with E-state index in [0.29, 0.717) is 22.9 Å².